The Labute approximate surface area is 109 Å². The van der Waals surface area contributed by atoms with Gasteiger partial charge in [0.2, 0.25) is 0 Å². The molecule has 2 bridgehead atoms. The molecule has 0 unspecified atom stereocenters. The van der Waals surface area contributed by atoms with E-state index >= 15 is 0 Å². The Kier molecular flexibility index (Phi) is 2.21. The second-order valence-electron chi connectivity index (χ2n) is 5.04. The summed E-state index contributed by atoms with van der Waals surface area (Å²) in [5, 5.41) is 0. The quantitative estimate of drug-likeness (QED) is 0.805. The van der Waals surface area contributed by atoms with Gasteiger partial charge in [-0.15, -0.1) is 0 Å². The molecule has 0 radical (unpaired) electrons. The van der Waals surface area contributed by atoms with E-state index in [1.807, 2.05) is 0 Å². The van der Waals surface area contributed by atoms with Gasteiger partial charge < -0.3 is 4.74 Å². The number of rotatable bonds is 3. The van der Waals surface area contributed by atoms with Gasteiger partial charge in [0, 0.05) is 4.32 Å². The molecule has 3 saturated carbocycles. The first-order valence-electron chi connectivity index (χ1n) is 5.49. The van der Waals surface area contributed by atoms with Gasteiger partial charge in [0.15, 0.2) is 9.84 Å². The minimum atomic E-state index is -3.18. The number of alkyl halides is 1. The van der Waals surface area contributed by atoms with E-state index in [9.17, 15) is 8.42 Å². The maximum atomic E-state index is 12.5. The fraction of sp³-hybridized carbons (Fsp3) is 0.500. The molecular weight excluding hydrogens is 304 g/mol. The number of benzene rings is 1. The topological polar surface area (TPSA) is 43.4 Å². The monoisotopic (exact) mass is 316 g/mol. The number of hydrogen-bond donors (Lipinski definition) is 0. The summed E-state index contributed by atoms with van der Waals surface area (Å²) in [5.41, 5.74) is 0. The van der Waals surface area contributed by atoms with Crippen molar-refractivity contribution >= 4 is 25.8 Å². The van der Waals surface area contributed by atoms with Crippen molar-refractivity contribution in [3.63, 3.8) is 0 Å². The smallest absolute Gasteiger partial charge is 0.184 e. The van der Waals surface area contributed by atoms with Crippen LogP contribution in [0.2, 0.25) is 0 Å². The highest BCUT2D eigenvalue weighted by Gasteiger charge is 2.73. The molecule has 0 saturated heterocycles. The lowest BCUT2D eigenvalue weighted by molar-refractivity contribution is 0.0935. The molecule has 3 aliphatic rings. The predicted molar refractivity (Wildman–Crippen MR) is 68.4 cm³/mol. The largest absolute Gasteiger partial charge is 0.497 e. The standard InChI is InChI=1S/C12H13BrO3S/c1-16-9-2-4-10(5-3-9)17(14,15)12-6-11(13,7-12)8-12/h2-5H,6-8H2,1H3. The molecule has 0 aromatic heterocycles. The van der Waals surface area contributed by atoms with Gasteiger partial charge in [0.1, 0.15) is 5.75 Å². The van der Waals surface area contributed by atoms with Crippen LogP contribution in [0.25, 0.3) is 0 Å². The molecule has 0 amide bonds. The normalized spacial score (nSPS) is 34.7. The van der Waals surface area contributed by atoms with Gasteiger partial charge in [-0.25, -0.2) is 8.42 Å². The second kappa shape index (κ2) is 3.26. The van der Waals surface area contributed by atoms with Crippen LogP contribution in [-0.4, -0.2) is 24.6 Å². The van der Waals surface area contributed by atoms with Crippen LogP contribution in [0.4, 0.5) is 0 Å². The number of sulfone groups is 1. The molecule has 0 N–H and O–H groups in total. The van der Waals surface area contributed by atoms with E-state index in [4.69, 9.17) is 4.74 Å². The molecule has 0 heterocycles. The third-order valence-corrected chi connectivity index (χ3v) is 7.16. The summed E-state index contributed by atoms with van der Waals surface area (Å²) in [6.45, 7) is 0. The molecule has 0 spiro atoms. The number of ether oxygens (including phenoxy) is 1. The van der Waals surface area contributed by atoms with Crippen LogP contribution in [-0.2, 0) is 9.84 Å². The van der Waals surface area contributed by atoms with Gasteiger partial charge in [0.25, 0.3) is 0 Å². The van der Waals surface area contributed by atoms with E-state index in [-0.39, 0.29) is 4.32 Å². The minimum absolute atomic E-state index is 0.118. The molecule has 3 fully saturated rings. The maximum Gasteiger partial charge on any atom is 0.184 e. The lowest BCUT2D eigenvalue weighted by Crippen LogP contribution is -2.71. The van der Waals surface area contributed by atoms with Crippen LogP contribution in [0, 0.1) is 0 Å². The molecule has 1 aromatic rings. The Hall–Kier alpha value is -0.550. The molecule has 92 valence electrons. The first-order valence-corrected chi connectivity index (χ1v) is 7.76. The molecular formula is C12H13BrO3S. The fourth-order valence-corrected chi connectivity index (χ4v) is 7.43. The second-order valence-corrected chi connectivity index (χ2v) is 9.07. The zero-order valence-corrected chi connectivity index (χ0v) is 11.8. The van der Waals surface area contributed by atoms with Crippen molar-refractivity contribution < 1.29 is 13.2 Å². The predicted octanol–water partition coefficient (Wildman–Crippen LogP) is 2.54. The zero-order chi connectivity index (χ0) is 12.3. The van der Waals surface area contributed by atoms with Crippen molar-refractivity contribution in [2.75, 3.05) is 7.11 Å². The number of halogens is 1. The molecule has 0 aliphatic heterocycles. The summed E-state index contributed by atoms with van der Waals surface area (Å²) in [4.78, 5) is 0.410. The lowest BCUT2D eigenvalue weighted by atomic mass is 9.55. The molecule has 3 nitrogen and oxygen atoms in total. The highest BCUT2D eigenvalue weighted by atomic mass is 79.9. The van der Waals surface area contributed by atoms with Gasteiger partial charge in [-0.05, 0) is 43.5 Å². The molecule has 3 aliphatic carbocycles. The number of methoxy groups -OCH3 is 1. The van der Waals surface area contributed by atoms with Crippen LogP contribution >= 0.6 is 15.9 Å². The van der Waals surface area contributed by atoms with Crippen LogP contribution in [0.15, 0.2) is 29.2 Å². The summed E-state index contributed by atoms with van der Waals surface area (Å²) in [6.07, 6.45) is 2.23. The molecule has 0 atom stereocenters. The minimum Gasteiger partial charge on any atom is -0.497 e. The fourth-order valence-electron chi connectivity index (χ4n) is 2.87. The molecule has 1 aromatic carbocycles. The van der Waals surface area contributed by atoms with Crippen LogP contribution < -0.4 is 4.74 Å². The summed E-state index contributed by atoms with van der Waals surface area (Å²) < 4.78 is 29.6. The maximum absolute atomic E-state index is 12.5. The van der Waals surface area contributed by atoms with E-state index in [0.29, 0.717) is 10.6 Å². The van der Waals surface area contributed by atoms with Crippen molar-refractivity contribution in [1.82, 2.24) is 0 Å². The Morgan fingerprint density at radius 2 is 1.71 bits per heavy atom. The lowest BCUT2D eigenvalue weighted by Gasteiger charge is -2.66. The Balaban J connectivity index is 1.93. The SMILES string of the molecule is COc1ccc(S(=O)(=O)C23CC(Br)(C2)C3)cc1. The molecule has 17 heavy (non-hydrogen) atoms. The van der Waals surface area contributed by atoms with Gasteiger partial charge in [-0.3, -0.25) is 0 Å². The zero-order valence-electron chi connectivity index (χ0n) is 9.44. The summed E-state index contributed by atoms with van der Waals surface area (Å²) in [6, 6.07) is 6.66. The highest BCUT2D eigenvalue weighted by molar-refractivity contribution is 9.10. The van der Waals surface area contributed by atoms with Crippen molar-refractivity contribution in [2.45, 2.75) is 33.2 Å². The van der Waals surface area contributed by atoms with E-state index in [2.05, 4.69) is 15.9 Å². The van der Waals surface area contributed by atoms with Crippen molar-refractivity contribution in [2.24, 2.45) is 0 Å². The first-order chi connectivity index (χ1) is 7.91. The van der Waals surface area contributed by atoms with Crippen LogP contribution in [0.3, 0.4) is 0 Å². The highest BCUT2D eigenvalue weighted by Crippen LogP contribution is 2.70. The van der Waals surface area contributed by atoms with Crippen molar-refractivity contribution in [3.05, 3.63) is 24.3 Å². The van der Waals surface area contributed by atoms with Gasteiger partial charge >= 0.3 is 0 Å². The van der Waals surface area contributed by atoms with Crippen LogP contribution in [0.1, 0.15) is 19.3 Å². The first kappa shape index (κ1) is 11.5. The van der Waals surface area contributed by atoms with E-state index < -0.39 is 14.6 Å². The van der Waals surface area contributed by atoms with Crippen molar-refractivity contribution in [3.8, 4) is 5.75 Å². The van der Waals surface area contributed by atoms with E-state index in [1.165, 1.54) is 0 Å². The Morgan fingerprint density at radius 1 is 1.18 bits per heavy atom. The summed E-state index contributed by atoms with van der Waals surface area (Å²) >= 11 is 3.57. The third kappa shape index (κ3) is 1.41. The molecule has 4 rings (SSSR count). The average Bonchev–Trinajstić information content (AvgIpc) is 2.23. The summed E-state index contributed by atoms with van der Waals surface area (Å²) in [5.74, 6) is 0.679. The Bertz CT molecular complexity index is 542. The van der Waals surface area contributed by atoms with E-state index in [0.717, 1.165) is 19.3 Å². The summed E-state index contributed by atoms with van der Waals surface area (Å²) in [7, 11) is -1.62. The molecule has 5 heteroatoms. The van der Waals surface area contributed by atoms with Gasteiger partial charge in [-0.1, -0.05) is 15.9 Å². The van der Waals surface area contributed by atoms with Gasteiger partial charge in [0.05, 0.1) is 16.8 Å². The van der Waals surface area contributed by atoms with Gasteiger partial charge in [-0.2, -0.15) is 0 Å². The third-order valence-electron chi connectivity index (χ3n) is 3.86. The van der Waals surface area contributed by atoms with Crippen molar-refractivity contribution in [1.29, 1.82) is 0 Å². The average molecular weight is 317 g/mol. The number of hydrogen-bond acceptors (Lipinski definition) is 3. The van der Waals surface area contributed by atoms with Crippen LogP contribution in [0.5, 0.6) is 5.75 Å². The Morgan fingerprint density at radius 3 is 2.12 bits per heavy atom. The van der Waals surface area contributed by atoms with E-state index in [1.54, 1.807) is 31.4 Å².